The van der Waals surface area contributed by atoms with Crippen LogP contribution in [0.5, 0.6) is 0 Å². The van der Waals surface area contributed by atoms with Crippen molar-refractivity contribution in [3.63, 3.8) is 0 Å². The number of halogens is 2. The first-order valence-electron chi connectivity index (χ1n) is 7.55. The van der Waals surface area contributed by atoms with Crippen LogP contribution in [0.4, 0.5) is 9.52 Å². The van der Waals surface area contributed by atoms with E-state index in [-0.39, 0.29) is 22.0 Å². The lowest BCUT2D eigenvalue weighted by Gasteiger charge is -2.20. The third-order valence-corrected chi connectivity index (χ3v) is 5.10. The molecule has 4 rings (SSSR count). The van der Waals surface area contributed by atoms with E-state index in [4.69, 9.17) is 4.42 Å². The van der Waals surface area contributed by atoms with Gasteiger partial charge in [0.05, 0.1) is 5.57 Å². The zero-order valence-corrected chi connectivity index (χ0v) is 15.7. The summed E-state index contributed by atoms with van der Waals surface area (Å²) >= 11 is 4.25. The number of benzene rings is 1. The first-order chi connectivity index (χ1) is 13.0. The average Bonchev–Trinajstić information content (AvgIpc) is 3.37. The van der Waals surface area contributed by atoms with Gasteiger partial charge in [-0.15, -0.1) is 10.2 Å². The van der Waals surface area contributed by atoms with E-state index >= 15 is 0 Å². The Hall–Kier alpha value is -2.85. The van der Waals surface area contributed by atoms with Crippen LogP contribution in [0.2, 0.25) is 0 Å². The Kier molecular flexibility index (Phi) is 4.36. The number of Topliss-reactive ketones (excluding diaryl/α,β-unsaturated/α-hetero) is 1. The van der Waals surface area contributed by atoms with E-state index in [0.717, 1.165) is 28.4 Å². The summed E-state index contributed by atoms with van der Waals surface area (Å²) < 4.78 is 19.1. The molecule has 27 heavy (non-hydrogen) atoms. The Balaban J connectivity index is 1.93. The molecule has 3 heterocycles. The summed E-state index contributed by atoms with van der Waals surface area (Å²) in [4.78, 5) is 26.5. The van der Waals surface area contributed by atoms with Crippen LogP contribution in [-0.4, -0.2) is 27.0 Å². The van der Waals surface area contributed by atoms with Gasteiger partial charge in [-0.05, 0) is 52.3 Å². The van der Waals surface area contributed by atoms with Crippen molar-refractivity contribution >= 4 is 49.8 Å². The van der Waals surface area contributed by atoms with Gasteiger partial charge in [-0.3, -0.25) is 14.5 Å². The van der Waals surface area contributed by atoms with Gasteiger partial charge in [0.15, 0.2) is 4.67 Å². The molecule has 1 saturated heterocycles. The third-order valence-electron chi connectivity index (χ3n) is 3.98. The van der Waals surface area contributed by atoms with Crippen molar-refractivity contribution < 1.29 is 23.5 Å². The van der Waals surface area contributed by atoms with E-state index in [1.165, 1.54) is 17.6 Å². The van der Waals surface area contributed by atoms with Crippen molar-refractivity contribution in [1.29, 1.82) is 0 Å². The molecule has 0 aliphatic carbocycles. The summed E-state index contributed by atoms with van der Waals surface area (Å²) in [5.74, 6) is -2.44. The van der Waals surface area contributed by atoms with Crippen LogP contribution in [-0.2, 0) is 9.59 Å². The van der Waals surface area contributed by atoms with Crippen LogP contribution < -0.4 is 4.90 Å². The minimum absolute atomic E-state index is 0.177. The third kappa shape index (κ3) is 2.96. The number of amides is 1. The maximum absolute atomic E-state index is 13.2. The van der Waals surface area contributed by atoms with Gasteiger partial charge in [0.1, 0.15) is 28.9 Å². The maximum Gasteiger partial charge on any atom is 0.302 e. The van der Waals surface area contributed by atoms with Crippen LogP contribution >= 0.6 is 27.3 Å². The molecular formula is C17H9BrFN3O4S. The highest BCUT2D eigenvalue weighted by Gasteiger charge is 2.49. The molecule has 1 aliphatic rings. The maximum atomic E-state index is 13.2. The van der Waals surface area contributed by atoms with Crippen molar-refractivity contribution in [2.24, 2.45) is 0 Å². The summed E-state index contributed by atoms with van der Waals surface area (Å²) in [6, 6.07) is 7.08. The van der Waals surface area contributed by atoms with E-state index in [1.807, 2.05) is 0 Å². The molecule has 1 aliphatic heterocycles. The number of furan rings is 1. The highest BCUT2D eigenvalue weighted by Crippen LogP contribution is 2.43. The Morgan fingerprint density at radius 1 is 1.22 bits per heavy atom. The highest BCUT2D eigenvalue weighted by molar-refractivity contribution is 9.10. The standard InChI is InChI=1S/C17H9BrFN3O4S/c18-11-6-5-10(26-11)13-12(14(23)8-1-3-9(19)4-2-8)15(24)16(25)22(13)17-21-20-7-27-17/h1-7,13,23H/b14-12+. The summed E-state index contributed by atoms with van der Waals surface area (Å²) in [7, 11) is 0. The molecule has 0 radical (unpaired) electrons. The Labute approximate surface area is 163 Å². The fourth-order valence-corrected chi connectivity index (χ4v) is 3.71. The predicted molar refractivity (Wildman–Crippen MR) is 97.5 cm³/mol. The molecule has 0 spiro atoms. The smallest absolute Gasteiger partial charge is 0.302 e. The molecular weight excluding hydrogens is 441 g/mol. The van der Waals surface area contributed by atoms with Crippen LogP contribution in [0.1, 0.15) is 17.4 Å². The molecule has 2 aromatic heterocycles. The summed E-state index contributed by atoms with van der Waals surface area (Å²) in [5, 5.41) is 18.5. The number of anilines is 1. The minimum Gasteiger partial charge on any atom is -0.507 e. The van der Waals surface area contributed by atoms with Crippen molar-refractivity contribution in [1.82, 2.24) is 10.2 Å². The lowest BCUT2D eigenvalue weighted by Crippen LogP contribution is -2.29. The summed E-state index contributed by atoms with van der Waals surface area (Å²) in [5.41, 5.74) is 1.44. The first kappa shape index (κ1) is 17.6. The molecule has 136 valence electrons. The van der Waals surface area contributed by atoms with E-state index in [9.17, 15) is 19.1 Å². The Morgan fingerprint density at radius 3 is 2.56 bits per heavy atom. The number of carbonyl (C=O) groups excluding carboxylic acids is 2. The Morgan fingerprint density at radius 2 is 1.96 bits per heavy atom. The van der Waals surface area contributed by atoms with Crippen LogP contribution in [0, 0.1) is 5.82 Å². The fraction of sp³-hybridized carbons (Fsp3) is 0.0588. The van der Waals surface area contributed by atoms with E-state index in [0.29, 0.717) is 4.67 Å². The predicted octanol–water partition coefficient (Wildman–Crippen LogP) is 3.66. The van der Waals surface area contributed by atoms with Gasteiger partial charge < -0.3 is 9.52 Å². The quantitative estimate of drug-likeness (QED) is 0.372. The summed E-state index contributed by atoms with van der Waals surface area (Å²) in [6.45, 7) is 0. The number of rotatable bonds is 3. The molecule has 1 N–H and O–H groups in total. The molecule has 0 saturated carbocycles. The number of nitrogens with zero attached hydrogens (tertiary/aromatic N) is 3. The zero-order chi connectivity index (χ0) is 19.1. The number of aliphatic hydroxyl groups is 1. The number of carbonyl (C=O) groups is 2. The number of hydrogen-bond acceptors (Lipinski definition) is 7. The number of aromatic nitrogens is 2. The van der Waals surface area contributed by atoms with Gasteiger partial charge in [0.25, 0.3) is 5.78 Å². The van der Waals surface area contributed by atoms with Gasteiger partial charge in [0.2, 0.25) is 5.13 Å². The first-order valence-corrected chi connectivity index (χ1v) is 9.23. The molecule has 10 heteroatoms. The fourth-order valence-electron chi connectivity index (χ4n) is 2.81. The summed E-state index contributed by atoms with van der Waals surface area (Å²) in [6.07, 6.45) is 0. The number of aliphatic hydroxyl groups excluding tert-OH is 1. The highest BCUT2D eigenvalue weighted by atomic mass is 79.9. The molecule has 1 amide bonds. The molecule has 1 atom stereocenters. The van der Waals surface area contributed by atoms with Crippen molar-refractivity contribution in [3.8, 4) is 0 Å². The molecule has 0 bridgehead atoms. The monoisotopic (exact) mass is 449 g/mol. The van der Waals surface area contributed by atoms with Crippen LogP contribution in [0.15, 0.2) is 56.6 Å². The van der Waals surface area contributed by atoms with Crippen molar-refractivity contribution in [2.45, 2.75) is 6.04 Å². The van der Waals surface area contributed by atoms with Crippen LogP contribution in [0.25, 0.3) is 5.76 Å². The van der Waals surface area contributed by atoms with E-state index < -0.39 is 29.3 Å². The van der Waals surface area contributed by atoms with Gasteiger partial charge in [-0.2, -0.15) is 0 Å². The average molecular weight is 450 g/mol. The SMILES string of the molecule is O=C1C(=O)N(c2nncs2)C(c2ccc(Br)o2)/C1=C(\O)c1ccc(F)cc1. The molecule has 1 aromatic carbocycles. The van der Waals surface area contributed by atoms with E-state index in [1.54, 1.807) is 12.1 Å². The van der Waals surface area contributed by atoms with Crippen molar-refractivity contribution in [2.75, 3.05) is 4.90 Å². The van der Waals surface area contributed by atoms with Gasteiger partial charge in [-0.25, -0.2) is 4.39 Å². The molecule has 1 unspecified atom stereocenters. The number of hydrogen-bond donors (Lipinski definition) is 1. The zero-order valence-electron chi connectivity index (χ0n) is 13.3. The van der Waals surface area contributed by atoms with Gasteiger partial charge in [0, 0.05) is 5.56 Å². The topological polar surface area (TPSA) is 96.5 Å². The number of ketones is 1. The molecule has 7 nitrogen and oxygen atoms in total. The minimum atomic E-state index is -1.03. The molecule has 1 fully saturated rings. The van der Waals surface area contributed by atoms with Crippen LogP contribution in [0.3, 0.4) is 0 Å². The normalized spacial score (nSPS) is 19.0. The second-order valence-corrected chi connectivity index (χ2v) is 7.13. The van der Waals surface area contributed by atoms with Gasteiger partial charge in [-0.1, -0.05) is 11.3 Å². The Bertz CT molecular complexity index is 1060. The van der Waals surface area contributed by atoms with E-state index in [2.05, 4.69) is 26.1 Å². The lowest BCUT2D eigenvalue weighted by atomic mass is 9.99. The van der Waals surface area contributed by atoms with Crippen molar-refractivity contribution in [3.05, 3.63) is 69.3 Å². The second kappa shape index (κ2) is 6.71. The largest absolute Gasteiger partial charge is 0.507 e. The lowest BCUT2D eigenvalue weighted by molar-refractivity contribution is -0.132. The molecule has 3 aromatic rings. The second-order valence-electron chi connectivity index (χ2n) is 5.54. The van der Waals surface area contributed by atoms with Gasteiger partial charge >= 0.3 is 5.91 Å².